The van der Waals surface area contributed by atoms with E-state index in [0.717, 1.165) is 0 Å². The summed E-state index contributed by atoms with van der Waals surface area (Å²) >= 11 is 2.44. The van der Waals surface area contributed by atoms with Gasteiger partial charge in [-0.3, -0.25) is 0 Å². The molecule has 1 aliphatic rings. The van der Waals surface area contributed by atoms with Crippen LogP contribution in [0.2, 0.25) is 0 Å². The zero-order valence-electron chi connectivity index (χ0n) is 7.45. The van der Waals surface area contributed by atoms with Crippen LogP contribution in [0.15, 0.2) is 21.3 Å². The molecule has 0 saturated carbocycles. The SMILES string of the molecule is CC(C)(C)C1=C(I)C=CCC1. The third-order valence-electron chi connectivity index (χ3n) is 2.02. The predicted molar refractivity (Wildman–Crippen MR) is 58.9 cm³/mol. The molecule has 1 rings (SSSR count). The van der Waals surface area contributed by atoms with Gasteiger partial charge in [0, 0.05) is 3.58 Å². The third-order valence-corrected chi connectivity index (χ3v) is 3.03. The van der Waals surface area contributed by atoms with Gasteiger partial charge in [0.05, 0.1) is 0 Å². The van der Waals surface area contributed by atoms with Gasteiger partial charge in [-0.25, -0.2) is 0 Å². The van der Waals surface area contributed by atoms with Gasteiger partial charge in [0.1, 0.15) is 0 Å². The van der Waals surface area contributed by atoms with Gasteiger partial charge < -0.3 is 0 Å². The lowest BCUT2D eigenvalue weighted by molar-refractivity contribution is 0.481. The fourth-order valence-electron chi connectivity index (χ4n) is 1.37. The summed E-state index contributed by atoms with van der Waals surface area (Å²) in [6.07, 6.45) is 6.97. The Kier molecular flexibility index (Phi) is 2.79. The smallest absolute Gasteiger partial charge is 0.0124 e. The second kappa shape index (κ2) is 3.30. The highest BCUT2D eigenvalue weighted by molar-refractivity contribution is 14.1. The van der Waals surface area contributed by atoms with E-state index in [-0.39, 0.29) is 0 Å². The van der Waals surface area contributed by atoms with E-state index in [1.54, 1.807) is 5.57 Å². The molecule has 0 fully saturated rings. The molecular formula is C10H15I. The number of rotatable bonds is 0. The van der Waals surface area contributed by atoms with Crippen LogP contribution >= 0.6 is 22.6 Å². The molecule has 0 saturated heterocycles. The molecule has 0 aromatic carbocycles. The first kappa shape index (κ1) is 9.30. The van der Waals surface area contributed by atoms with Crippen LogP contribution in [0.3, 0.4) is 0 Å². The van der Waals surface area contributed by atoms with Crippen LogP contribution in [0, 0.1) is 5.41 Å². The zero-order valence-corrected chi connectivity index (χ0v) is 9.60. The molecule has 0 bridgehead atoms. The topological polar surface area (TPSA) is 0 Å². The average molecular weight is 262 g/mol. The van der Waals surface area contributed by atoms with Gasteiger partial charge in [0.25, 0.3) is 0 Å². The van der Waals surface area contributed by atoms with Gasteiger partial charge in [-0.1, -0.05) is 38.5 Å². The van der Waals surface area contributed by atoms with Gasteiger partial charge in [0.15, 0.2) is 0 Å². The Morgan fingerprint density at radius 1 is 1.36 bits per heavy atom. The Morgan fingerprint density at radius 3 is 2.36 bits per heavy atom. The molecule has 1 heteroatoms. The summed E-state index contributed by atoms with van der Waals surface area (Å²) in [5, 5.41) is 0. The average Bonchev–Trinajstić information content (AvgIpc) is 1.86. The molecule has 0 radical (unpaired) electrons. The molecule has 62 valence electrons. The molecule has 0 aliphatic heterocycles. The van der Waals surface area contributed by atoms with E-state index in [4.69, 9.17) is 0 Å². The molecule has 1 aliphatic carbocycles. The van der Waals surface area contributed by atoms with Gasteiger partial charge in [0.2, 0.25) is 0 Å². The van der Waals surface area contributed by atoms with Crippen LogP contribution < -0.4 is 0 Å². The minimum absolute atomic E-state index is 0.362. The number of halogens is 1. The van der Waals surface area contributed by atoms with E-state index in [1.807, 2.05) is 0 Å². The minimum Gasteiger partial charge on any atom is -0.0832 e. The molecule has 0 unspecified atom stereocenters. The number of hydrogen-bond acceptors (Lipinski definition) is 0. The summed E-state index contributed by atoms with van der Waals surface area (Å²) in [7, 11) is 0. The van der Waals surface area contributed by atoms with Crippen molar-refractivity contribution < 1.29 is 0 Å². The van der Waals surface area contributed by atoms with Crippen LogP contribution in [0.5, 0.6) is 0 Å². The normalized spacial score (nSPS) is 19.3. The summed E-state index contributed by atoms with van der Waals surface area (Å²) in [5.41, 5.74) is 1.97. The standard InChI is InChI=1S/C10H15I/c1-10(2,3)8-6-4-5-7-9(8)11/h5,7H,4,6H2,1-3H3. The van der Waals surface area contributed by atoms with Crippen molar-refractivity contribution in [1.82, 2.24) is 0 Å². The van der Waals surface area contributed by atoms with Crippen LogP contribution in [0.1, 0.15) is 33.6 Å². The van der Waals surface area contributed by atoms with Crippen molar-refractivity contribution in [2.45, 2.75) is 33.6 Å². The van der Waals surface area contributed by atoms with Crippen LogP contribution in [0.4, 0.5) is 0 Å². The van der Waals surface area contributed by atoms with Gasteiger partial charge >= 0.3 is 0 Å². The molecule has 0 amide bonds. The van der Waals surface area contributed by atoms with E-state index < -0.39 is 0 Å². The summed E-state index contributed by atoms with van der Waals surface area (Å²) < 4.78 is 1.45. The van der Waals surface area contributed by atoms with Crippen LogP contribution in [-0.2, 0) is 0 Å². The quantitative estimate of drug-likeness (QED) is 0.577. The maximum absolute atomic E-state index is 2.44. The van der Waals surface area contributed by atoms with E-state index in [0.29, 0.717) is 5.41 Å². The van der Waals surface area contributed by atoms with Crippen molar-refractivity contribution in [2.75, 3.05) is 0 Å². The molecule has 0 atom stereocenters. The lowest BCUT2D eigenvalue weighted by Crippen LogP contribution is -2.11. The van der Waals surface area contributed by atoms with Crippen LogP contribution in [0.25, 0.3) is 0 Å². The predicted octanol–water partition coefficient (Wildman–Crippen LogP) is 4.07. The first-order valence-electron chi connectivity index (χ1n) is 4.07. The lowest BCUT2D eigenvalue weighted by Gasteiger charge is -2.25. The van der Waals surface area contributed by atoms with Crippen molar-refractivity contribution >= 4 is 22.6 Å². The van der Waals surface area contributed by atoms with E-state index in [9.17, 15) is 0 Å². The highest BCUT2D eigenvalue weighted by Gasteiger charge is 2.19. The molecule has 0 nitrogen and oxygen atoms in total. The Hall–Kier alpha value is 0.210. The lowest BCUT2D eigenvalue weighted by atomic mass is 9.82. The zero-order chi connectivity index (χ0) is 8.48. The van der Waals surface area contributed by atoms with Crippen molar-refractivity contribution in [3.8, 4) is 0 Å². The first-order chi connectivity index (χ1) is 5.02. The molecule has 0 spiro atoms. The summed E-state index contributed by atoms with van der Waals surface area (Å²) in [4.78, 5) is 0. The molecule has 0 aromatic rings. The monoisotopic (exact) mass is 262 g/mol. The second-order valence-electron chi connectivity index (χ2n) is 4.02. The Balaban J connectivity index is 2.93. The minimum atomic E-state index is 0.362. The van der Waals surface area contributed by atoms with E-state index in [1.165, 1.54) is 16.4 Å². The van der Waals surface area contributed by atoms with Crippen molar-refractivity contribution in [2.24, 2.45) is 5.41 Å². The summed E-state index contributed by atoms with van der Waals surface area (Å²) in [5.74, 6) is 0. The molecule has 0 heterocycles. The summed E-state index contributed by atoms with van der Waals surface area (Å²) in [6.45, 7) is 6.88. The van der Waals surface area contributed by atoms with E-state index in [2.05, 4.69) is 55.5 Å². The largest absolute Gasteiger partial charge is 0.0832 e. The highest BCUT2D eigenvalue weighted by atomic mass is 127. The number of hydrogen-bond donors (Lipinski definition) is 0. The van der Waals surface area contributed by atoms with E-state index >= 15 is 0 Å². The van der Waals surface area contributed by atoms with Gasteiger partial charge in [-0.05, 0) is 40.8 Å². The molecule has 11 heavy (non-hydrogen) atoms. The molecule has 0 aromatic heterocycles. The van der Waals surface area contributed by atoms with Gasteiger partial charge in [-0.15, -0.1) is 0 Å². The first-order valence-corrected chi connectivity index (χ1v) is 5.15. The number of allylic oxidation sites excluding steroid dienone is 4. The summed E-state index contributed by atoms with van der Waals surface area (Å²) in [6, 6.07) is 0. The third kappa shape index (κ3) is 2.32. The maximum atomic E-state index is 2.44. The molecule has 0 N–H and O–H groups in total. The fourth-order valence-corrected chi connectivity index (χ4v) is 2.70. The molecular weight excluding hydrogens is 247 g/mol. The fraction of sp³-hybridized carbons (Fsp3) is 0.600. The Bertz CT molecular complexity index is 203. The second-order valence-corrected chi connectivity index (χ2v) is 5.18. The van der Waals surface area contributed by atoms with Crippen molar-refractivity contribution in [3.05, 3.63) is 21.3 Å². The Labute approximate surface area is 82.9 Å². The van der Waals surface area contributed by atoms with Crippen molar-refractivity contribution in [3.63, 3.8) is 0 Å². The highest BCUT2D eigenvalue weighted by Crippen LogP contribution is 2.36. The van der Waals surface area contributed by atoms with Gasteiger partial charge in [-0.2, -0.15) is 0 Å². The van der Waals surface area contributed by atoms with Crippen LogP contribution in [-0.4, -0.2) is 0 Å². The van der Waals surface area contributed by atoms with Crippen molar-refractivity contribution in [1.29, 1.82) is 0 Å². The Morgan fingerprint density at radius 2 is 2.00 bits per heavy atom. The maximum Gasteiger partial charge on any atom is 0.0124 e.